The van der Waals surface area contributed by atoms with Crippen molar-refractivity contribution >= 4 is 11.8 Å². The summed E-state index contributed by atoms with van der Waals surface area (Å²) in [5, 5.41) is 0.804. The molecule has 0 aliphatic heterocycles. The van der Waals surface area contributed by atoms with E-state index in [1.54, 1.807) is 24.2 Å². The molecule has 1 aromatic rings. The molecule has 0 radical (unpaired) electrons. The SMILES string of the molecule is CC(C)C(N)CSc1ncccn1. The largest absolute Gasteiger partial charge is 0.327 e. The van der Waals surface area contributed by atoms with Gasteiger partial charge in [0.05, 0.1) is 0 Å². The van der Waals surface area contributed by atoms with Crippen molar-refractivity contribution in [1.82, 2.24) is 9.97 Å². The van der Waals surface area contributed by atoms with E-state index in [-0.39, 0.29) is 6.04 Å². The Labute approximate surface area is 83.2 Å². The molecule has 0 aromatic carbocycles. The van der Waals surface area contributed by atoms with Gasteiger partial charge in [0.25, 0.3) is 0 Å². The third kappa shape index (κ3) is 3.74. The van der Waals surface area contributed by atoms with Crippen LogP contribution >= 0.6 is 11.8 Å². The zero-order valence-electron chi connectivity index (χ0n) is 7.97. The van der Waals surface area contributed by atoms with Crippen LogP contribution < -0.4 is 5.73 Å². The minimum atomic E-state index is 0.216. The van der Waals surface area contributed by atoms with E-state index in [1.165, 1.54) is 0 Å². The minimum absolute atomic E-state index is 0.216. The number of hydrogen-bond donors (Lipinski definition) is 1. The van der Waals surface area contributed by atoms with Gasteiger partial charge in [-0.2, -0.15) is 0 Å². The second-order valence-electron chi connectivity index (χ2n) is 3.25. The molecule has 1 aromatic heterocycles. The second-order valence-corrected chi connectivity index (χ2v) is 4.24. The van der Waals surface area contributed by atoms with Crippen molar-refractivity contribution in [3.8, 4) is 0 Å². The Kier molecular flexibility index (Phi) is 4.18. The zero-order chi connectivity index (χ0) is 9.68. The lowest BCUT2D eigenvalue weighted by molar-refractivity contribution is 0.535. The van der Waals surface area contributed by atoms with Gasteiger partial charge in [-0.1, -0.05) is 25.6 Å². The molecule has 1 rings (SSSR count). The molecule has 1 atom stereocenters. The standard InChI is InChI=1S/C9H15N3S/c1-7(2)8(10)6-13-9-11-4-3-5-12-9/h3-5,7-8H,6,10H2,1-2H3. The average molecular weight is 197 g/mol. The maximum absolute atomic E-state index is 5.89. The van der Waals surface area contributed by atoms with Crippen molar-refractivity contribution in [2.75, 3.05) is 5.75 Å². The Morgan fingerprint density at radius 1 is 1.38 bits per heavy atom. The summed E-state index contributed by atoms with van der Waals surface area (Å²) in [5.41, 5.74) is 5.89. The van der Waals surface area contributed by atoms with E-state index in [2.05, 4.69) is 23.8 Å². The molecule has 0 saturated heterocycles. The fourth-order valence-electron chi connectivity index (χ4n) is 0.723. The first-order valence-corrected chi connectivity index (χ1v) is 5.34. The number of aromatic nitrogens is 2. The Morgan fingerprint density at radius 3 is 2.54 bits per heavy atom. The molecular formula is C9H15N3S. The van der Waals surface area contributed by atoms with Crippen LogP contribution in [-0.4, -0.2) is 21.8 Å². The van der Waals surface area contributed by atoms with Crippen molar-refractivity contribution < 1.29 is 0 Å². The average Bonchev–Trinajstić information content (AvgIpc) is 2.15. The number of nitrogens with zero attached hydrogens (tertiary/aromatic N) is 2. The van der Waals surface area contributed by atoms with E-state index in [0.717, 1.165) is 10.9 Å². The van der Waals surface area contributed by atoms with Gasteiger partial charge in [-0.3, -0.25) is 0 Å². The van der Waals surface area contributed by atoms with Gasteiger partial charge in [-0.15, -0.1) is 0 Å². The summed E-state index contributed by atoms with van der Waals surface area (Å²) in [4.78, 5) is 8.21. The molecule has 1 unspecified atom stereocenters. The first-order valence-electron chi connectivity index (χ1n) is 4.35. The molecule has 3 nitrogen and oxygen atoms in total. The maximum atomic E-state index is 5.89. The fourth-order valence-corrected chi connectivity index (χ4v) is 1.72. The third-order valence-electron chi connectivity index (χ3n) is 1.80. The Balaban J connectivity index is 2.35. The third-order valence-corrected chi connectivity index (χ3v) is 2.82. The highest BCUT2D eigenvalue weighted by atomic mass is 32.2. The highest BCUT2D eigenvalue weighted by molar-refractivity contribution is 7.99. The number of thioether (sulfide) groups is 1. The molecule has 4 heteroatoms. The van der Waals surface area contributed by atoms with E-state index in [4.69, 9.17) is 5.73 Å². The quantitative estimate of drug-likeness (QED) is 0.588. The van der Waals surface area contributed by atoms with E-state index in [1.807, 2.05) is 6.07 Å². The molecule has 0 amide bonds. The summed E-state index contributed by atoms with van der Waals surface area (Å²) in [5.74, 6) is 1.39. The first kappa shape index (κ1) is 10.5. The number of hydrogen-bond acceptors (Lipinski definition) is 4. The van der Waals surface area contributed by atoms with Crippen molar-refractivity contribution in [2.45, 2.75) is 25.0 Å². The molecule has 1 heterocycles. The van der Waals surface area contributed by atoms with Crippen LogP contribution in [0.2, 0.25) is 0 Å². The second kappa shape index (κ2) is 5.19. The van der Waals surface area contributed by atoms with Crippen molar-refractivity contribution in [3.63, 3.8) is 0 Å². The van der Waals surface area contributed by atoms with Crippen LogP contribution in [0.15, 0.2) is 23.6 Å². The normalized spacial score (nSPS) is 13.2. The summed E-state index contributed by atoms with van der Waals surface area (Å²) in [6.45, 7) is 4.24. The summed E-state index contributed by atoms with van der Waals surface area (Å²) < 4.78 is 0. The summed E-state index contributed by atoms with van der Waals surface area (Å²) >= 11 is 1.61. The molecule has 0 saturated carbocycles. The molecule has 0 aliphatic rings. The lowest BCUT2D eigenvalue weighted by Crippen LogP contribution is -2.28. The molecule has 2 N–H and O–H groups in total. The van der Waals surface area contributed by atoms with Crippen LogP contribution in [-0.2, 0) is 0 Å². The van der Waals surface area contributed by atoms with Crippen LogP contribution in [0, 0.1) is 5.92 Å². The molecule has 0 spiro atoms. The van der Waals surface area contributed by atoms with Gasteiger partial charge in [-0.25, -0.2) is 9.97 Å². The molecule has 0 fully saturated rings. The highest BCUT2D eigenvalue weighted by Crippen LogP contribution is 2.14. The summed E-state index contributed by atoms with van der Waals surface area (Å²) in [6.07, 6.45) is 3.49. The van der Waals surface area contributed by atoms with Crippen molar-refractivity contribution in [1.29, 1.82) is 0 Å². The molecule has 13 heavy (non-hydrogen) atoms. The molecule has 72 valence electrons. The minimum Gasteiger partial charge on any atom is -0.327 e. The predicted molar refractivity (Wildman–Crippen MR) is 55.6 cm³/mol. The van der Waals surface area contributed by atoms with Gasteiger partial charge in [0.2, 0.25) is 0 Å². The van der Waals surface area contributed by atoms with E-state index >= 15 is 0 Å². The molecule has 0 aliphatic carbocycles. The highest BCUT2D eigenvalue weighted by Gasteiger charge is 2.08. The van der Waals surface area contributed by atoms with Gasteiger partial charge < -0.3 is 5.73 Å². The fraction of sp³-hybridized carbons (Fsp3) is 0.556. The summed E-state index contributed by atoms with van der Waals surface area (Å²) in [6, 6.07) is 2.03. The predicted octanol–water partition coefficient (Wildman–Crippen LogP) is 1.55. The van der Waals surface area contributed by atoms with Crippen molar-refractivity contribution in [3.05, 3.63) is 18.5 Å². The molecular weight excluding hydrogens is 182 g/mol. The zero-order valence-corrected chi connectivity index (χ0v) is 8.79. The van der Waals surface area contributed by atoms with E-state index in [9.17, 15) is 0 Å². The monoisotopic (exact) mass is 197 g/mol. The van der Waals surface area contributed by atoms with Gasteiger partial charge >= 0.3 is 0 Å². The molecule has 0 bridgehead atoms. The van der Waals surface area contributed by atoms with Crippen LogP contribution in [0.5, 0.6) is 0 Å². The van der Waals surface area contributed by atoms with Crippen LogP contribution in [0.1, 0.15) is 13.8 Å². The number of nitrogens with two attached hydrogens (primary N) is 1. The van der Waals surface area contributed by atoms with Crippen molar-refractivity contribution in [2.24, 2.45) is 11.7 Å². The lowest BCUT2D eigenvalue weighted by atomic mass is 10.1. The maximum Gasteiger partial charge on any atom is 0.187 e. The first-order chi connectivity index (χ1) is 6.20. The van der Waals surface area contributed by atoms with Crippen LogP contribution in [0.4, 0.5) is 0 Å². The number of rotatable bonds is 4. The lowest BCUT2D eigenvalue weighted by Gasteiger charge is -2.13. The van der Waals surface area contributed by atoms with Gasteiger partial charge in [0.15, 0.2) is 5.16 Å². The smallest absolute Gasteiger partial charge is 0.187 e. The van der Waals surface area contributed by atoms with Gasteiger partial charge in [0.1, 0.15) is 0 Å². The van der Waals surface area contributed by atoms with Gasteiger partial charge in [0, 0.05) is 24.2 Å². The van der Waals surface area contributed by atoms with E-state index in [0.29, 0.717) is 5.92 Å². The van der Waals surface area contributed by atoms with Gasteiger partial charge in [-0.05, 0) is 12.0 Å². The van der Waals surface area contributed by atoms with E-state index < -0.39 is 0 Å². The Hall–Kier alpha value is -0.610. The topological polar surface area (TPSA) is 51.8 Å². The summed E-state index contributed by atoms with van der Waals surface area (Å²) in [7, 11) is 0. The van der Waals surface area contributed by atoms with Crippen LogP contribution in [0.3, 0.4) is 0 Å². The van der Waals surface area contributed by atoms with Crippen LogP contribution in [0.25, 0.3) is 0 Å². The Bertz CT molecular complexity index is 238. The Morgan fingerprint density at radius 2 is 2.00 bits per heavy atom.